The van der Waals surface area contributed by atoms with Crippen molar-refractivity contribution < 1.29 is 78.1 Å². The predicted octanol–water partition coefficient (Wildman–Crippen LogP) is 6.31. The molecule has 2 rings (SSSR count). The number of ketones is 1. The number of hydrogen-bond acceptors (Lipinski definition) is 15. The Labute approximate surface area is 392 Å². The van der Waals surface area contributed by atoms with Crippen molar-refractivity contribution in [2.24, 2.45) is 11.8 Å². The van der Waals surface area contributed by atoms with Gasteiger partial charge in [0.1, 0.15) is 36.8 Å². The van der Waals surface area contributed by atoms with Crippen molar-refractivity contribution in [2.45, 2.75) is 204 Å². The molecule has 1 unspecified atom stereocenters. The Hall–Kier alpha value is -2.86. The number of rotatable bonds is 22. The van der Waals surface area contributed by atoms with E-state index in [2.05, 4.69) is 43.4 Å². The summed E-state index contributed by atoms with van der Waals surface area (Å²) in [5.41, 5.74) is 0. The summed E-state index contributed by atoms with van der Waals surface area (Å²) in [6, 6.07) is 0. The number of allylic oxidation sites excluding steroid dienone is 8. The van der Waals surface area contributed by atoms with Crippen molar-refractivity contribution in [3.05, 3.63) is 60.8 Å². The minimum atomic E-state index is -5.47. The standard InChI is InChI=1S/C49H81O16P/c1-3-5-7-8-9-10-11-12-13-14-15-16-17-18-19-20-26-30-43(54)64-37-34-62-42(53)29-25-22-21-24-28-38-40(51)33-41(52)39(32-31-36(50)27-23-6-4-2)45(56)47(58)49(48(59)46(57)44(38)55)65-66(60,61)63-35-37/h9-10,12-13,15-16,21,24,31-32,36-40,44-51,55-59H,3-8,11,14,17-20,22-23,25-30,33-35H2,1-2H3,(H,60,61)/b10-9-,13-12-,16-15-,24-21-,32-31+/t36-,37+,38-,39-,40-,44+,45+,46-,47+,48+,49+/m0/s1. The molecule has 1 aliphatic heterocycles. The molecule has 17 heteroatoms. The van der Waals surface area contributed by atoms with E-state index in [-0.39, 0.29) is 19.3 Å². The minimum Gasteiger partial charge on any atom is -0.462 e. The van der Waals surface area contributed by atoms with Crippen LogP contribution < -0.4 is 0 Å². The molecule has 12 atom stereocenters. The third kappa shape index (κ3) is 24.4. The van der Waals surface area contributed by atoms with Crippen LogP contribution in [0.1, 0.15) is 149 Å². The highest BCUT2D eigenvalue weighted by Gasteiger charge is 2.49. The van der Waals surface area contributed by atoms with Crippen LogP contribution in [0.4, 0.5) is 0 Å². The molecule has 378 valence electrons. The molecule has 0 spiro atoms. The Morgan fingerprint density at radius 3 is 2.09 bits per heavy atom. The predicted molar refractivity (Wildman–Crippen MR) is 250 cm³/mol. The van der Waals surface area contributed by atoms with Gasteiger partial charge in [0, 0.05) is 25.2 Å². The van der Waals surface area contributed by atoms with E-state index in [1.54, 1.807) is 12.2 Å². The number of carbonyl (C=O) groups excluding carboxylic acids is 3. The number of aliphatic hydroxyl groups is 7. The minimum absolute atomic E-state index is 0.00386. The zero-order valence-electron chi connectivity index (χ0n) is 39.2. The van der Waals surface area contributed by atoms with Crippen LogP contribution in [0.15, 0.2) is 60.8 Å². The van der Waals surface area contributed by atoms with Gasteiger partial charge in [-0.05, 0) is 70.6 Å². The highest BCUT2D eigenvalue weighted by atomic mass is 31.2. The Morgan fingerprint density at radius 2 is 1.41 bits per heavy atom. The van der Waals surface area contributed by atoms with E-state index in [4.69, 9.17) is 18.5 Å². The third-order valence-electron chi connectivity index (χ3n) is 11.7. The quantitative estimate of drug-likeness (QED) is 0.0256. The highest BCUT2D eigenvalue weighted by Crippen LogP contribution is 2.47. The second-order valence-corrected chi connectivity index (χ2v) is 18.8. The molecule has 0 aromatic heterocycles. The normalized spacial score (nSPS) is 31.5. The summed E-state index contributed by atoms with van der Waals surface area (Å²) in [6.45, 7) is 2.74. The number of cyclic esters (lactones) is 1. The van der Waals surface area contributed by atoms with E-state index in [1.807, 2.05) is 6.92 Å². The fraction of sp³-hybridized carbons (Fsp3) is 0.735. The number of aliphatic hydroxyl groups excluding tert-OH is 7. The monoisotopic (exact) mass is 957 g/mol. The summed E-state index contributed by atoms with van der Waals surface area (Å²) in [7, 11) is -5.47. The Morgan fingerprint density at radius 1 is 0.788 bits per heavy atom. The van der Waals surface area contributed by atoms with Crippen molar-refractivity contribution in [1.82, 2.24) is 0 Å². The molecule has 1 saturated carbocycles. The molecule has 1 fully saturated rings. The average Bonchev–Trinajstić information content (AvgIpc) is 3.28. The summed E-state index contributed by atoms with van der Waals surface area (Å²) in [4.78, 5) is 50.2. The van der Waals surface area contributed by atoms with Crippen LogP contribution in [0.2, 0.25) is 0 Å². The largest absolute Gasteiger partial charge is 0.472 e. The summed E-state index contributed by atoms with van der Waals surface area (Å²) < 4.78 is 34.6. The first-order valence-corrected chi connectivity index (χ1v) is 25.7. The lowest BCUT2D eigenvalue weighted by molar-refractivity contribution is -0.166. The summed E-state index contributed by atoms with van der Waals surface area (Å²) >= 11 is 0. The van der Waals surface area contributed by atoms with Crippen LogP contribution in [-0.2, 0) is 37.5 Å². The van der Waals surface area contributed by atoms with E-state index in [0.717, 1.165) is 63.9 Å². The van der Waals surface area contributed by atoms with Gasteiger partial charge in [-0.1, -0.05) is 120 Å². The summed E-state index contributed by atoms with van der Waals surface area (Å²) in [5.74, 6) is -5.20. The molecule has 2 bridgehead atoms. The Bertz CT molecular complexity index is 1560. The number of ether oxygens (including phenoxy) is 2. The number of Topliss-reactive ketones (excluding diaryl/α,β-unsaturated/α-hetero) is 1. The third-order valence-corrected chi connectivity index (χ3v) is 12.7. The lowest BCUT2D eigenvalue weighted by Gasteiger charge is -2.36. The molecule has 0 radical (unpaired) electrons. The molecule has 2 aliphatic rings. The Balaban J connectivity index is 2.18. The van der Waals surface area contributed by atoms with Crippen molar-refractivity contribution in [3.63, 3.8) is 0 Å². The van der Waals surface area contributed by atoms with Gasteiger partial charge in [0.2, 0.25) is 0 Å². The van der Waals surface area contributed by atoms with Crippen molar-refractivity contribution >= 4 is 25.5 Å². The first kappa shape index (κ1) is 59.3. The molecule has 66 heavy (non-hydrogen) atoms. The van der Waals surface area contributed by atoms with Gasteiger partial charge < -0.3 is 50.1 Å². The van der Waals surface area contributed by atoms with Crippen molar-refractivity contribution in [3.8, 4) is 0 Å². The maximum absolute atomic E-state index is 13.7. The molecule has 0 aromatic rings. The first-order chi connectivity index (χ1) is 31.6. The zero-order valence-corrected chi connectivity index (χ0v) is 40.1. The number of hydrogen-bond donors (Lipinski definition) is 8. The van der Waals surface area contributed by atoms with Crippen LogP contribution in [-0.4, -0.2) is 127 Å². The fourth-order valence-corrected chi connectivity index (χ4v) is 8.62. The number of phosphoric acid groups is 1. The average molecular weight is 957 g/mol. The molecule has 1 aliphatic carbocycles. The molecule has 0 amide bonds. The molecule has 0 saturated heterocycles. The number of fused-ring (bicyclic) bond motifs is 4. The summed E-state index contributed by atoms with van der Waals surface area (Å²) in [6.07, 6.45) is 13.6. The zero-order chi connectivity index (χ0) is 48.7. The van der Waals surface area contributed by atoms with Crippen LogP contribution in [0, 0.1) is 11.8 Å². The van der Waals surface area contributed by atoms with E-state index in [9.17, 15) is 59.6 Å². The molecular weight excluding hydrogens is 875 g/mol. The van der Waals surface area contributed by atoms with E-state index in [1.165, 1.54) is 25.3 Å². The summed E-state index contributed by atoms with van der Waals surface area (Å²) in [5, 5.41) is 78.5. The van der Waals surface area contributed by atoms with Gasteiger partial charge in [0.15, 0.2) is 6.10 Å². The maximum atomic E-state index is 13.7. The van der Waals surface area contributed by atoms with E-state index in [0.29, 0.717) is 32.1 Å². The molecule has 0 aromatic carbocycles. The van der Waals surface area contributed by atoms with Gasteiger partial charge in [-0.25, -0.2) is 4.57 Å². The van der Waals surface area contributed by atoms with Crippen LogP contribution in [0.3, 0.4) is 0 Å². The van der Waals surface area contributed by atoms with E-state index < -0.39 is 112 Å². The van der Waals surface area contributed by atoms with Gasteiger partial charge in [-0.3, -0.25) is 23.4 Å². The van der Waals surface area contributed by atoms with Gasteiger partial charge >= 0.3 is 19.8 Å². The van der Waals surface area contributed by atoms with Gasteiger partial charge in [0.05, 0.1) is 36.9 Å². The van der Waals surface area contributed by atoms with Crippen molar-refractivity contribution in [1.29, 1.82) is 0 Å². The number of esters is 2. The molecule has 8 N–H and O–H groups in total. The van der Waals surface area contributed by atoms with Gasteiger partial charge in [-0.2, -0.15) is 0 Å². The van der Waals surface area contributed by atoms with E-state index >= 15 is 0 Å². The fourth-order valence-electron chi connectivity index (χ4n) is 7.65. The smallest absolute Gasteiger partial charge is 0.462 e. The molecule has 16 nitrogen and oxygen atoms in total. The topological polar surface area (TPSA) is 267 Å². The second-order valence-electron chi connectivity index (χ2n) is 17.4. The van der Waals surface area contributed by atoms with Crippen LogP contribution in [0.5, 0.6) is 0 Å². The highest BCUT2D eigenvalue weighted by molar-refractivity contribution is 7.47. The lowest BCUT2D eigenvalue weighted by Crippen LogP contribution is -2.55. The van der Waals surface area contributed by atoms with Crippen molar-refractivity contribution in [2.75, 3.05) is 13.2 Å². The number of phosphoric ester groups is 1. The van der Waals surface area contributed by atoms with Gasteiger partial charge in [0.25, 0.3) is 0 Å². The molecular formula is C49H81O16P. The Kier molecular flexibility index (Phi) is 30.9. The number of carbonyl (C=O) groups is 3. The lowest BCUT2D eigenvalue weighted by atomic mass is 9.83. The molecule has 1 heterocycles. The maximum Gasteiger partial charge on any atom is 0.472 e. The first-order valence-electron chi connectivity index (χ1n) is 24.2. The van der Waals surface area contributed by atoms with Crippen LogP contribution in [0.25, 0.3) is 0 Å². The number of unbranched alkanes of at least 4 members (excludes halogenated alkanes) is 9. The SMILES string of the molecule is CCCCC/C=C\C/C=C\C/C=C\CCCCCCC(=O)O[C@@H]1COC(=O)CCC/C=C\C[C@@H]2[C@@H](O)[C@H](O)[C@@H](O)[C@H](OP(=O)(O)OC1)[C@H](O)[C@H](O)[C@@H](/C=C/[C@@H](O)CCCCC)C(=O)C[C@@H]2O. The van der Waals surface area contributed by atoms with Crippen LogP contribution >= 0.6 is 7.82 Å². The van der Waals surface area contributed by atoms with Gasteiger partial charge in [-0.15, -0.1) is 0 Å². The second kappa shape index (κ2) is 34.4.